The quantitative estimate of drug-likeness (QED) is 0.300. The van der Waals surface area contributed by atoms with Gasteiger partial charge in [-0.3, -0.25) is 4.79 Å². The van der Waals surface area contributed by atoms with Crippen molar-refractivity contribution in [2.45, 2.75) is 110 Å². The van der Waals surface area contributed by atoms with Crippen molar-refractivity contribution in [2.75, 3.05) is 6.61 Å². The summed E-state index contributed by atoms with van der Waals surface area (Å²) in [5, 5.41) is 23.8. The second kappa shape index (κ2) is 10.0. The Hall–Kier alpha value is -2.46. The first-order valence-corrected chi connectivity index (χ1v) is 15.2. The molecular weight excluding hydrogens is 540 g/mol. The Morgan fingerprint density at radius 1 is 1.07 bits per heavy atom. The van der Waals surface area contributed by atoms with E-state index in [0.29, 0.717) is 25.0 Å². The zero-order valence-corrected chi connectivity index (χ0v) is 25.6. The summed E-state index contributed by atoms with van der Waals surface area (Å²) >= 11 is 0. The van der Waals surface area contributed by atoms with Gasteiger partial charge in [-0.15, -0.1) is 0 Å². The van der Waals surface area contributed by atoms with Gasteiger partial charge in [-0.2, -0.15) is 0 Å². The molecule has 3 heterocycles. The highest BCUT2D eigenvalue weighted by Gasteiger charge is 2.76. The third-order valence-corrected chi connectivity index (χ3v) is 11.9. The highest BCUT2D eigenvalue weighted by atomic mass is 16.6. The SMILES string of the molecule is C/C=C(\C)C(=O)O[C@H]1C[C@@H](OC(C)=O)[C@@]2(C)CO[C@@H]3C2[C@@]1(C)[C@@H]1CC(O)OC2CC(c4ccoc4)C(C)=C2[C@]1(C)[C@@H]3O. The number of allylic oxidation sites excluding steroid dienone is 2. The van der Waals surface area contributed by atoms with Gasteiger partial charge in [0.2, 0.25) is 0 Å². The molecule has 2 N–H and O–H groups in total. The Morgan fingerprint density at radius 3 is 2.45 bits per heavy atom. The molecule has 9 nitrogen and oxygen atoms in total. The number of carbonyl (C=O) groups excluding carboxylic acids is 2. The Labute approximate surface area is 247 Å². The first-order chi connectivity index (χ1) is 19.8. The maximum Gasteiger partial charge on any atom is 0.333 e. The second-order valence-electron chi connectivity index (χ2n) is 13.9. The van der Waals surface area contributed by atoms with E-state index in [2.05, 4.69) is 27.7 Å². The number of rotatable bonds is 4. The summed E-state index contributed by atoms with van der Waals surface area (Å²) in [5.74, 6) is -1.50. The van der Waals surface area contributed by atoms with Crippen molar-refractivity contribution in [1.29, 1.82) is 0 Å². The van der Waals surface area contributed by atoms with Gasteiger partial charge < -0.3 is 33.6 Å². The number of ether oxygens (including phenoxy) is 4. The molecule has 4 fully saturated rings. The highest BCUT2D eigenvalue weighted by molar-refractivity contribution is 5.87. The van der Waals surface area contributed by atoms with Gasteiger partial charge in [0, 0.05) is 53.4 Å². The molecule has 1 aromatic rings. The number of aliphatic hydroxyl groups excluding tert-OH is 2. The van der Waals surface area contributed by atoms with Crippen LogP contribution in [0.4, 0.5) is 0 Å². The highest BCUT2D eigenvalue weighted by Crippen LogP contribution is 2.72. The monoisotopic (exact) mass is 584 g/mol. The van der Waals surface area contributed by atoms with Crippen LogP contribution in [0.2, 0.25) is 0 Å². The fourth-order valence-electron chi connectivity index (χ4n) is 9.92. The lowest BCUT2D eigenvalue weighted by Gasteiger charge is -2.66. The van der Waals surface area contributed by atoms with Crippen LogP contribution < -0.4 is 0 Å². The van der Waals surface area contributed by atoms with Crippen LogP contribution in [-0.4, -0.2) is 65.6 Å². The summed E-state index contributed by atoms with van der Waals surface area (Å²) in [4.78, 5) is 25.6. The topological polar surface area (TPSA) is 125 Å². The average molecular weight is 585 g/mol. The number of hydrogen-bond acceptors (Lipinski definition) is 9. The molecule has 2 saturated heterocycles. The predicted molar refractivity (Wildman–Crippen MR) is 151 cm³/mol. The lowest BCUT2D eigenvalue weighted by molar-refractivity contribution is -0.258. The Morgan fingerprint density at radius 2 is 1.81 bits per heavy atom. The number of fused-ring (bicyclic) bond motifs is 4. The van der Waals surface area contributed by atoms with E-state index in [0.717, 1.165) is 16.7 Å². The summed E-state index contributed by atoms with van der Waals surface area (Å²) in [5.41, 5.74) is 1.33. The van der Waals surface area contributed by atoms with Crippen LogP contribution >= 0.6 is 0 Å². The minimum absolute atomic E-state index is 0.0182. The van der Waals surface area contributed by atoms with E-state index in [9.17, 15) is 19.8 Å². The van der Waals surface area contributed by atoms with Gasteiger partial charge in [0.15, 0.2) is 6.29 Å². The number of aliphatic hydroxyl groups is 2. The van der Waals surface area contributed by atoms with Crippen LogP contribution in [0.1, 0.15) is 79.2 Å². The number of esters is 2. The van der Waals surface area contributed by atoms with E-state index >= 15 is 0 Å². The molecule has 4 unspecified atom stereocenters. The number of furan rings is 1. The summed E-state index contributed by atoms with van der Waals surface area (Å²) in [6, 6.07) is 1.95. The summed E-state index contributed by atoms with van der Waals surface area (Å²) in [6.07, 6.45) is 2.02. The van der Waals surface area contributed by atoms with Gasteiger partial charge in [-0.05, 0) is 50.3 Å². The van der Waals surface area contributed by atoms with Gasteiger partial charge in [0.25, 0.3) is 0 Å². The van der Waals surface area contributed by atoms with E-state index in [-0.39, 0.29) is 24.2 Å². The maximum absolute atomic E-state index is 13.3. The summed E-state index contributed by atoms with van der Waals surface area (Å²) in [6.45, 7) is 13.5. The van der Waals surface area contributed by atoms with Crippen molar-refractivity contribution in [3.05, 3.63) is 47.0 Å². The molecule has 5 aliphatic rings. The number of carbonyl (C=O) groups is 2. The fraction of sp³-hybridized carbons (Fsp3) is 0.697. The lowest BCUT2D eigenvalue weighted by atomic mass is 9.39. The Balaban J connectivity index is 1.54. The average Bonchev–Trinajstić information content (AvgIpc) is 3.64. The molecule has 0 aromatic carbocycles. The first-order valence-electron chi connectivity index (χ1n) is 15.2. The molecule has 42 heavy (non-hydrogen) atoms. The van der Waals surface area contributed by atoms with Gasteiger partial charge in [0.1, 0.15) is 12.2 Å². The molecule has 0 amide bonds. The Bertz CT molecular complexity index is 1310. The lowest BCUT2D eigenvalue weighted by Crippen LogP contribution is -2.71. The van der Waals surface area contributed by atoms with E-state index in [1.165, 1.54) is 6.92 Å². The van der Waals surface area contributed by atoms with Crippen LogP contribution in [-0.2, 0) is 28.5 Å². The van der Waals surface area contributed by atoms with Gasteiger partial charge >= 0.3 is 11.9 Å². The standard InChI is InChI=1S/C33H44O9/c1-8-16(2)30(37)42-24-13-23(40-18(4)34)31(5)15-39-27-28(31)32(24,6)22-12-25(35)41-21-11-20(19-9-10-38-14-19)17(3)26(21)33(22,7)29(27)36/h8-10,14,20-25,27-29,35-36H,11-13,15H2,1-7H3/b16-8+/t20?,21?,22-,23+,24-,25?,27+,28?,29+,31+,32-,33+/m0/s1. The van der Waals surface area contributed by atoms with E-state index in [4.69, 9.17) is 23.4 Å². The zero-order valence-electron chi connectivity index (χ0n) is 25.6. The Kier molecular flexibility index (Phi) is 7.08. The predicted octanol–water partition coefficient (Wildman–Crippen LogP) is 4.43. The second-order valence-corrected chi connectivity index (χ2v) is 13.9. The van der Waals surface area contributed by atoms with Crippen LogP contribution in [0, 0.1) is 28.1 Å². The van der Waals surface area contributed by atoms with Crippen molar-refractivity contribution >= 4 is 11.9 Å². The molecule has 1 aromatic heterocycles. The molecule has 230 valence electrons. The molecule has 6 rings (SSSR count). The first kappa shape index (κ1) is 29.6. The normalized spacial score (nSPS) is 46.4. The van der Waals surface area contributed by atoms with Crippen molar-refractivity contribution in [3.63, 3.8) is 0 Å². The molecule has 3 aliphatic carbocycles. The minimum Gasteiger partial charge on any atom is -0.472 e. The van der Waals surface area contributed by atoms with Crippen molar-refractivity contribution in [1.82, 2.24) is 0 Å². The van der Waals surface area contributed by atoms with Crippen LogP contribution in [0.3, 0.4) is 0 Å². The maximum atomic E-state index is 13.3. The van der Waals surface area contributed by atoms with Gasteiger partial charge in [-0.1, -0.05) is 32.4 Å². The molecule has 0 radical (unpaired) electrons. The van der Waals surface area contributed by atoms with Gasteiger partial charge in [0.05, 0.1) is 37.4 Å². The minimum atomic E-state index is -1.08. The third kappa shape index (κ3) is 3.96. The molecule has 0 bridgehead atoms. The third-order valence-electron chi connectivity index (χ3n) is 11.9. The van der Waals surface area contributed by atoms with E-state index < -0.39 is 65.0 Å². The van der Waals surface area contributed by atoms with Crippen molar-refractivity contribution in [3.8, 4) is 0 Å². The van der Waals surface area contributed by atoms with E-state index in [1.54, 1.807) is 32.4 Å². The smallest absolute Gasteiger partial charge is 0.333 e. The van der Waals surface area contributed by atoms with Crippen molar-refractivity contribution in [2.24, 2.45) is 28.1 Å². The fourth-order valence-corrected chi connectivity index (χ4v) is 9.92. The van der Waals surface area contributed by atoms with Gasteiger partial charge in [-0.25, -0.2) is 4.79 Å². The molecule has 9 heteroatoms. The van der Waals surface area contributed by atoms with Crippen LogP contribution in [0.5, 0.6) is 0 Å². The molecule has 2 aliphatic heterocycles. The summed E-state index contributed by atoms with van der Waals surface area (Å²) < 4.78 is 30.5. The largest absolute Gasteiger partial charge is 0.472 e. The molecule has 2 saturated carbocycles. The zero-order chi connectivity index (χ0) is 30.4. The molecule has 0 spiro atoms. The molecule has 12 atom stereocenters. The summed E-state index contributed by atoms with van der Waals surface area (Å²) in [7, 11) is 0. The molecular formula is C33H44O9. The van der Waals surface area contributed by atoms with E-state index in [1.807, 2.05) is 6.07 Å². The van der Waals surface area contributed by atoms with Crippen LogP contribution in [0.15, 0.2) is 45.8 Å². The van der Waals surface area contributed by atoms with Crippen molar-refractivity contribution < 1.29 is 43.2 Å². The number of hydrogen-bond donors (Lipinski definition) is 2. The van der Waals surface area contributed by atoms with Crippen LogP contribution in [0.25, 0.3) is 0 Å².